The summed E-state index contributed by atoms with van der Waals surface area (Å²) in [6.07, 6.45) is 6.23. The Hall–Kier alpha value is -3.04. The van der Waals surface area contributed by atoms with Crippen LogP contribution in [0.5, 0.6) is 0 Å². The molecule has 0 bridgehead atoms. The quantitative estimate of drug-likeness (QED) is 0.369. The fourth-order valence-electron chi connectivity index (χ4n) is 2.96. The van der Waals surface area contributed by atoms with Crippen LogP contribution in [0.1, 0.15) is 31.7 Å². The maximum Gasteiger partial charge on any atom is 0.266 e. The Labute approximate surface area is 174 Å². The summed E-state index contributed by atoms with van der Waals surface area (Å²) in [7, 11) is 0. The topological polar surface area (TPSA) is 64.0 Å². The molecule has 6 heteroatoms. The van der Waals surface area contributed by atoms with Gasteiger partial charge in [-0.05, 0) is 42.2 Å². The predicted octanol–water partition coefficient (Wildman–Crippen LogP) is 3.74. The first-order chi connectivity index (χ1) is 14.0. The van der Waals surface area contributed by atoms with Gasteiger partial charge in [-0.1, -0.05) is 55.8 Å². The summed E-state index contributed by atoms with van der Waals surface area (Å²) in [6, 6.07) is 15.2. The fraction of sp³-hybridized carbons (Fsp3) is 0.261. The lowest BCUT2D eigenvalue weighted by Crippen LogP contribution is -2.26. The van der Waals surface area contributed by atoms with Gasteiger partial charge < -0.3 is 5.32 Å². The van der Waals surface area contributed by atoms with Crippen LogP contribution >= 0.6 is 11.8 Å². The lowest BCUT2D eigenvalue weighted by atomic mass is 9.98. The van der Waals surface area contributed by atoms with Crippen molar-refractivity contribution in [3.63, 3.8) is 0 Å². The van der Waals surface area contributed by atoms with Gasteiger partial charge in [-0.15, -0.1) is 6.42 Å². The average molecular weight is 406 g/mol. The van der Waals surface area contributed by atoms with Crippen molar-refractivity contribution in [3.05, 3.63) is 64.4 Å². The van der Waals surface area contributed by atoms with E-state index in [1.54, 1.807) is 16.7 Å². The molecule has 0 saturated heterocycles. The monoisotopic (exact) mass is 405 g/mol. The summed E-state index contributed by atoms with van der Waals surface area (Å²) < 4.78 is 1.57. The molecule has 5 nitrogen and oxygen atoms in total. The molecule has 1 aromatic heterocycles. The van der Waals surface area contributed by atoms with Crippen molar-refractivity contribution in [3.8, 4) is 18.0 Å². The van der Waals surface area contributed by atoms with E-state index in [1.807, 2.05) is 36.4 Å². The zero-order valence-corrected chi connectivity index (χ0v) is 17.3. The standard InChI is InChI=1S/C23H23N3O2S/c1-4-14-24-21(27)15-29-23-25-20-9-7-6-8-19(20)22(28)26(23)18-12-10-17(11-13-18)16(3)5-2/h1,6-13,16H,5,14-15H2,2-3H3,(H,24,27). The number of rotatable bonds is 7. The van der Waals surface area contributed by atoms with Gasteiger partial charge in [0.15, 0.2) is 5.16 Å². The van der Waals surface area contributed by atoms with Gasteiger partial charge in [0.25, 0.3) is 5.56 Å². The molecule has 0 radical (unpaired) electrons. The zero-order chi connectivity index (χ0) is 20.8. The Balaban J connectivity index is 2.04. The first-order valence-electron chi connectivity index (χ1n) is 9.50. The molecule has 0 saturated carbocycles. The van der Waals surface area contributed by atoms with E-state index in [-0.39, 0.29) is 23.8 Å². The number of fused-ring (bicyclic) bond motifs is 1. The smallest absolute Gasteiger partial charge is 0.266 e. The molecule has 3 rings (SSSR count). The first-order valence-corrected chi connectivity index (χ1v) is 10.5. The molecule has 148 valence electrons. The van der Waals surface area contributed by atoms with Crippen LogP contribution in [0.3, 0.4) is 0 Å². The Morgan fingerprint density at radius 1 is 1.24 bits per heavy atom. The van der Waals surface area contributed by atoms with Crippen molar-refractivity contribution in [2.24, 2.45) is 0 Å². The van der Waals surface area contributed by atoms with Crippen molar-refractivity contribution in [2.45, 2.75) is 31.3 Å². The number of hydrogen-bond donors (Lipinski definition) is 1. The molecule has 2 aromatic carbocycles. The van der Waals surface area contributed by atoms with E-state index in [4.69, 9.17) is 6.42 Å². The molecule has 29 heavy (non-hydrogen) atoms. The van der Waals surface area contributed by atoms with Gasteiger partial charge in [-0.2, -0.15) is 0 Å². The minimum Gasteiger partial charge on any atom is -0.344 e. The Morgan fingerprint density at radius 3 is 2.66 bits per heavy atom. The molecule has 0 spiro atoms. The highest BCUT2D eigenvalue weighted by Crippen LogP contribution is 2.24. The van der Waals surface area contributed by atoms with Gasteiger partial charge in [-0.25, -0.2) is 4.98 Å². The van der Waals surface area contributed by atoms with Gasteiger partial charge >= 0.3 is 0 Å². The fourth-order valence-corrected chi connectivity index (χ4v) is 3.80. The number of nitrogens with one attached hydrogen (secondary N) is 1. The van der Waals surface area contributed by atoms with Crippen LogP contribution in [0.15, 0.2) is 58.5 Å². The molecule has 1 unspecified atom stereocenters. The van der Waals surface area contributed by atoms with Crippen LogP contribution < -0.4 is 10.9 Å². The van der Waals surface area contributed by atoms with Crippen LogP contribution in [0, 0.1) is 12.3 Å². The maximum absolute atomic E-state index is 13.2. The Bertz CT molecular complexity index is 1110. The number of para-hydroxylation sites is 1. The molecule has 1 amide bonds. The van der Waals surface area contributed by atoms with E-state index in [0.717, 1.165) is 12.1 Å². The van der Waals surface area contributed by atoms with Gasteiger partial charge in [0, 0.05) is 0 Å². The number of carbonyl (C=O) groups excluding carboxylic acids is 1. The maximum atomic E-state index is 13.2. The van der Waals surface area contributed by atoms with Crippen molar-refractivity contribution >= 4 is 28.6 Å². The first kappa shape index (κ1) is 20.7. The number of terminal acetylenes is 1. The highest BCUT2D eigenvalue weighted by atomic mass is 32.2. The minimum atomic E-state index is -0.200. The van der Waals surface area contributed by atoms with Crippen molar-refractivity contribution in [2.75, 3.05) is 12.3 Å². The number of nitrogens with zero attached hydrogens (tertiary/aromatic N) is 2. The van der Waals surface area contributed by atoms with Gasteiger partial charge in [0.1, 0.15) is 0 Å². The molecule has 0 fully saturated rings. The second-order valence-corrected chi connectivity index (χ2v) is 7.66. The van der Waals surface area contributed by atoms with E-state index in [9.17, 15) is 9.59 Å². The van der Waals surface area contributed by atoms with E-state index in [0.29, 0.717) is 22.0 Å². The second kappa shape index (κ2) is 9.44. The number of benzene rings is 2. The summed E-state index contributed by atoms with van der Waals surface area (Å²) in [5.74, 6) is 2.75. The largest absolute Gasteiger partial charge is 0.344 e. The van der Waals surface area contributed by atoms with E-state index in [2.05, 4.69) is 30.1 Å². The molecular weight excluding hydrogens is 382 g/mol. The number of hydrogen-bond acceptors (Lipinski definition) is 4. The van der Waals surface area contributed by atoms with Crippen molar-refractivity contribution < 1.29 is 4.79 Å². The highest BCUT2D eigenvalue weighted by Gasteiger charge is 2.15. The van der Waals surface area contributed by atoms with Crippen LogP contribution in [0.25, 0.3) is 16.6 Å². The number of aromatic nitrogens is 2. The molecular formula is C23H23N3O2S. The molecule has 0 aliphatic carbocycles. The predicted molar refractivity (Wildman–Crippen MR) is 119 cm³/mol. The SMILES string of the molecule is C#CCNC(=O)CSc1nc2ccccc2c(=O)n1-c1ccc(C(C)CC)cc1. The van der Waals surface area contributed by atoms with Crippen molar-refractivity contribution in [1.29, 1.82) is 0 Å². The lowest BCUT2D eigenvalue weighted by molar-refractivity contribution is -0.118. The molecule has 0 aliphatic heterocycles. The van der Waals surface area contributed by atoms with E-state index in [1.165, 1.54) is 17.3 Å². The van der Waals surface area contributed by atoms with Gasteiger partial charge in [-0.3, -0.25) is 14.2 Å². The molecule has 1 N–H and O–H groups in total. The van der Waals surface area contributed by atoms with E-state index < -0.39 is 0 Å². The summed E-state index contributed by atoms with van der Waals surface area (Å²) in [6.45, 7) is 4.50. The third-order valence-corrected chi connectivity index (χ3v) is 5.74. The highest BCUT2D eigenvalue weighted by molar-refractivity contribution is 7.99. The number of amides is 1. The summed E-state index contributed by atoms with van der Waals surface area (Å²) >= 11 is 1.22. The Kier molecular flexibility index (Phi) is 6.73. The third-order valence-electron chi connectivity index (χ3n) is 4.80. The van der Waals surface area contributed by atoms with Crippen LogP contribution in [-0.4, -0.2) is 27.8 Å². The Morgan fingerprint density at radius 2 is 1.97 bits per heavy atom. The van der Waals surface area contributed by atoms with Crippen LogP contribution in [0.2, 0.25) is 0 Å². The molecule has 1 atom stereocenters. The van der Waals surface area contributed by atoms with Crippen LogP contribution in [0.4, 0.5) is 0 Å². The zero-order valence-electron chi connectivity index (χ0n) is 16.5. The van der Waals surface area contributed by atoms with Gasteiger partial charge in [0.05, 0.1) is 28.9 Å². The minimum absolute atomic E-state index is 0.122. The summed E-state index contributed by atoms with van der Waals surface area (Å²) in [5.41, 5.74) is 2.41. The van der Waals surface area contributed by atoms with E-state index >= 15 is 0 Å². The number of carbonyl (C=O) groups is 1. The molecule has 1 heterocycles. The summed E-state index contributed by atoms with van der Waals surface area (Å²) in [4.78, 5) is 29.8. The van der Waals surface area contributed by atoms with Crippen molar-refractivity contribution in [1.82, 2.24) is 14.9 Å². The summed E-state index contributed by atoms with van der Waals surface area (Å²) in [5, 5.41) is 3.64. The number of thioether (sulfide) groups is 1. The van der Waals surface area contributed by atoms with Crippen LogP contribution in [-0.2, 0) is 4.79 Å². The second-order valence-electron chi connectivity index (χ2n) is 6.72. The third kappa shape index (κ3) is 4.69. The molecule has 0 aliphatic rings. The normalized spacial score (nSPS) is 11.8. The lowest BCUT2D eigenvalue weighted by Gasteiger charge is -2.15. The average Bonchev–Trinajstić information content (AvgIpc) is 2.76. The van der Waals surface area contributed by atoms with Gasteiger partial charge in [0.2, 0.25) is 5.91 Å². The molecule has 3 aromatic rings.